The van der Waals surface area contributed by atoms with Gasteiger partial charge in [-0.2, -0.15) is 0 Å². The average molecular weight is 287 g/mol. The summed E-state index contributed by atoms with van der Waals surface area (Å²) in [6.45, 7) is 0. The molecule has 2 rings (SSSR count). The summed E-state index contributed by atoms with van der Waals surface area (Å²) in [5.41, 5.74) is 6.32. The molecule has 0 aliphatic rings. The molecule has 0 fully saturated rings. The van der Waals surface area contributed by atoms with E-state index in [2.05, 4.69) is 21.2 Å². The fourth-order valence-electron chi connectivity index (χ4n) is 1.16. The Morgan fingerprint density at radius 2 is 2.20 bits per heavy atom. The number of nitrogen functional groups attached to an aromatic ring is 1. The third kappa shape index (κ3) is 2.30. The standard InChI is InChI=1S/C10H8BrFN2S/c11-6-4-9(15-5-6)14-8-3-1-2-7(12)10(8)13/h1-5,14H,13H2. The van der Waals surface area contributed by atoms with Gasteiger partial charge < -0.3 is 11.1 Å². The van der Waals surface area contributed by atoms with Gasteiger partial charge in [-0.05, 0) is 34.1 Å². The first kappa shape index (κ1) is 10.4. The summed E-state index contributed by atoms with van der Waals surface area (Å²) in [6, 6.07) is 6.61. The van der Waals surface area contributed by atoms with E-state index in [9.17, 15) is 4.39 Å². The molecule has 0 saturated carbocycles. The minimum Gasteiger partial charge on any atom is -0.395 e. The summed E-state index contributed by atoms with van der Waals surface area (Å²) >= 11 is 4.87. The van der Waals surface area contributed by atoms with Gasteiger partial charge in [0, 0.05) is 9.85 Å². The summed E-state index contributed by atoms with van der Waals surface area (Å²) in [6.07, 6.45) is 0. The van der Waals surface area contributed by atoms with E-state index in [1.54, 1.807) is 12.1 Å². The number of para-hydroxylation sites is 1. The van der Waals surface area contributed by atoms with Crippen LogP contribution in [0.2, 0.25) is 0 Å². The van der Waals surface area contributed by atoms with Gasteiger partial charge in [-0.3, -0.25) is 0 Å². The van der Waals surface area contributed by atoms with Gasteiger partial charge in [-0.1, -0.05) is 6.07 Å². The number of nitrogens with one attached hydrogen (secondary N) is 1. The molecule has 1 aromatic heterocycles. The van der Waals surface area contributed by atoms with E-state index in [0.29, 0.717) is 5.69 Å². The van der Waals surface area contributed by atoms with Gasteiger partial charge in [0.05, 0.1) is 16.4 Å². The quantitative estimate of drug-likeness (QED) is 0.820. The summed E-state index contributed by atoms with van der Waals surface area (Å²) in [5, 5.41) is 5.92. The summed E-state index contributed by atoms with van der Waals surface area (Å²) < 4.78 is 14.1. The Morgan fingerprint density at radius 3 is 2.87 bits per heavy atom. The molecular weight excluding hydrogens is 279 g/mol. The molecule has 1 heterocycles. The van der Waals surface area contributed by atoms with Crippen LogP contribution in [-0.4, -0.2) is 0 Å². The van der Waals surface area contributed by atoms with Crippen LogP contribution in [0.15, 0.2) is 34.1 Å². The third-order valence-electron chi connectivity index (χ3n) is 1.88. The second-order valence-electron chi connectivity index (χ2n) is 2.96. The highest BCUT2D eigenvalue weighted by Gasteiger charge is 2.05. The predicted octanol–water partition coefficient (Wildman–Crippen LogP) is 3.98. The molecule has 0 aliphatic heterocycles. The van der Waals surface area contributed by atoms with Crippen molar-refractivity contribution in [2.45, 2.75) is 0 Å². The summed E-state index contributed by atoms with van der Waals surface area (Å²) in [4.78, 5) is 0. The van der Waals surface area contributed by atoms with Crippen LogP contribution in [-0.2, 0) is 0 Å². The molecule has 15 heavy (non-hydrogen) atoms. The number of hydrogen-bond donors (Lipinski definition) is 2. The van der Waals surface area contributed by atoms with Crippen molar-refractivity contribution in [3.63, 3.8) is 0 Å². The summed E-state index contributed by atoms with van der Waals surface area (Å²) in [5.74, 6) is -0.407. The highest BCUT2D eigenvalue weighted by atomic mass is 79.9. The van der Waals surface area contributed by atoms with E-state index in [1.165, 1.54) is 17.4 Å². The molecule has 0 saturated heterocycles. The van der Waals surface area contributed by atoms with Crippen LogP contribution in [0.5, 0.6) is 0 Å². The molecule has 0 bridgehead atoms. The van der Waals surface area contributed by atoms with E-state index < -0.39 is 5.82 Å². The van der Waals surface area contributed by atoms with Crippen molar-refractivity contribution in [3.05, 3.63) is 39.9 Å². The maximum Gasteiger partial charge on any atom is 0.148 e. The Bertz CT molecular complexity index is 484. The fourth-order valence-corrected chi connectivity index (χ4v) is 2.49. The molecule has 0 spiro atoms. The Hall–Kier alpha value is -1.07. The second kappa shape index (κ2) is 4.20. The number of nitrogens with two attached hydrogens (primary N) is 1. The Balaban J connectivity index is 2.28. The largest absolute Gasteiger partial charge is 0.395 e. The molecule has 0 atom stereocenters. The molecule has 0 radical (unpaired) electrons. The number of halogens is 2. The maximum absolute atomic E-state index is 13.1. The van der Waals surface area contributed by atoms with Crippen LogP contribution in [0.3, 0.4) is 0 Å². The monoisotopic (exact) mass is 286 g/mol. The van der Waals surface area contributed by atoms with Gasteiger partial charge >= 0.3 is 0 Å². The second-order valence-corrected chi connectivity index (χ2v) is 4.78. The first-order chi connectivity index (χ1) is 7.16. The van der Waals surface area contributed by atoms with Crippen LogP contribution in [0.1, 0.15) is 0 Å². The minimum absolute atomic E-state index is 0.141. The van der Waals surface area contributed by atoms with Gasteiger partial charge in [-0.15, -0.1) is 11.3 Å². The van der Waals surface area contributed by atoms with Crippen molar-refractivity contribution >= 4 is 43.6 Å². The fraction of sp³-hybridized carbons (Fsp3) is 0. The van der Waals surface area contributed by atoms with Crippen LogP contribution < -0.4 is 11.1 Å². The molecule has 2 nitrogen and oxygen atoms in total. The lowest BCUT2D eigenvalue weighted by atomic mass is 10.2. The van der Waals surface area contributed by atoms with Gasteiger partial charge in [0.2, 0.25) is 0 Å². The summed E-state index contributed by atoms with van der Waals surface area (Å²) in [7, 11) is 0. The molecule has 5 heteroatoms. The SMILES string of the molecule is Nc1c(F)cccc1Nc1cc(Br)cs1. The number of thiophene rings is 1. The minimum atomic E-state index is -0.407. The number of rotatable bonds is 2. The Labute approximate surface area is 99.1 Å². The zero-order valence-corrected chi connectivity index (χ0v) is 10.0. The molecule has 0 amide bonds. The average Bonchev–Trinajstić information content (AvgIpc) is 2.59. The van der Waals surface area contributed by atoms with E-state index in [0.717, 1.165) is 9.47 Å². The van der Waals surface area contributed by atoms with Crippen LogP contribution in [0.4, 0.5) is 20.8 Å². The maximum atomic E-state index is 13.1. The van der Waals surface area contributed by atoms with Crippen molar-refractivity contribution in [1.29, 1.82) is 0 Å². The van der Waals surface area contributed by atoms with Crippen molar-refractivity contribution in [3.8, 4) is 0 Å². The Kier molecular flexibility index (Phi) is 2.93. The molecular formula is C10H8BrFN2S. The smallest absolute Gasteiger partial charge is 0.148 e. The van der Waals surface area contributed by atoms with Gasteiger partial charge in [0.15, 0.2) is 0 Å². The molecule has 1 aromatic carbocycles. The molecule has 0 unspecified atom stereocenters. The van der Waals surface area contributed by atoms with Gasteiger partial charge in [-0.25, -0.2) is 4.39 Å². The lowest BCUT2D eigenvalue weighted by Crippen LogP contribution is -1.97. The number of anilines is 3. The van der Waals surface area contributed by atoms with Crippen molar-refractivity contribution in [2.75, 3.05) is 11.1 Å². The lowest BCUT2D eigenvalue weighted by molar-refractivity contribution is 0.633. The zero-order valence-electron chi connectivity index (χ0n) is 7.63. The lowest BCUT2D eigenvalue weighted by Gasteiger charge is -2.07. The molecule has 3 N–H and O–H groups in total. The van der Waals surface area contributed by atoms with Crippen LogP contribution in [0.25, 0.3) is 0 Å². The van der Waals surface area contributed by atoms with Crippen LogP contribution >= 0.6 is 27.3 Å². The predicted molar refractivity (Wildman–Crippen MR) is 66.1 cm³/mol. The zero-order chi connectivity index (χ0) is 10.8. The van der Waals surface area contributed by atoms with Gasteiger partial charge in [0.25, 0.3) is 0 Å². The van der Waals surface area contributed by atoms with Crippen molar-refractivity contribution in [2.24, 2.45) is 0 Å². The normalized spacial score (nSPS) is 10.3. The number of hydrogen-bond acceptors (Lipinski definition) is 3. The van der Waals surface area contributed by atoms with Gasteiger partial charge in [0.1, 0.15) is 5.82 Å². The van der Waals surface area contributed by atoms with Crippen LogP contribution in [0, 0.1) is 5.82 Å². The Morgan fingerprint density at radius 1 is 1.40 bits per heavy atom. The van der Waals surface area contributed by atoms with Crippen molar-refractivity contribution < 1.29 is 4.39 Å². The van der Waals surface area contributed by atoms with E-state index in [1.807, 2.05) is 11.4 Å². The van der Waals surface area contributed by atoms with E-state index in [-0.39, 0.29) is 5.69 Å². The van der Waals surface area contributed by atoms with Crippen molar-refractivity contribution in [1.82, 2.24) is 0 Å². The van der Waals surface area contributed by atoms with E-state index >= 15 is 0 Å². The highest BCUT2D eigenvalue weighted by molar-refractivity contribution is 9.10. The first-order valence-electron chi connectivity index (χ1n) is 4.22. The first-order valence-corrected chi connectivity index (χ1v) is 5.89. The van der Waals surface area contributed by atoms with E-state index in [4.69, 9.17) is 5.73 Å². The number of benzene rings is 1. The highest BCUT2D eigenvalue weighted by Crippen LogP contribution is 2.30. The molecule has 0 aliphatic carbocycles. The molecule has 78 valence electrons. The third-order valence-corrected chi connectivity index (χ3v) is 3.48. The topological polar surface area (TPSA) is 38.0 Å². The molecule has 2 aromatic rings.